The molecule has 0 spiro atoms. The SMILES string of the molecule is Cc1cc2c3c4c1CCN4CC[Si]3(C)CC2. The van der Waals surface area contributed by atoms with Gasteiger partial charge in [-0.3, -0.25) is 0 Å². The molecule has 0 aromatic heterocycles. The van der Waals surface area contributed by atoms with Crippen LogP contribution in [0.15, 0.2) is 6.07 Å². The van der Waals surface area contributed by atoms with Gasteiger partial charge >= 0.3 is 0 Å². The fourth-order valence-electron chi connectivity index (χ4n) is 4.19. The van der Waals surface area contributed by atoms with Gasteiger partial charge in [-0.05, 0) is 53.7 Å². The van der Waals surface area contributed by atoms with Crippen molar-refractivity contribution in [2.45, 2.75) is 38.4 Å². The largest absolute Gasteiger partial charge is 0.371 e. The van der Waals surface area contributed by atoms with Gasteiger partial charge in [-0.1, -0.05) is 12.6 Å². The maximum Gasteiger partial charge on any atom is 0.0888 e. The van der Waals surface area contributed by atoms with Crippen LogP contribution in [-0.2, 0) is 12.8 Å². The van der Waals surface area contributed by atoms with Crippen LogP contribution in [-0.4, -0.2) is 21.2 Å². The maximum atomic E-state index is 2.68. The van der Waals surface area contributed by atoms with Gasteiger partial charge in [-0.2, -0.15) is 0 Å². The summed E-state index contributed by atoms with van der Waals surface area (Å²) in [4.78, 5) is 2.68. The first-order valence-electron chi connectivity index (χ1n) is 6.60. The van der Waals surface area contributed by atoms with Crippen molar-refractivity contribution < 1.29 is 0 Å². The Kier molecular flexibility index (Phi) is 1.58. The van der Waals surface area contributed by atoms with E-state index in [-0.39, 0.29) is 0 Å². The number of aryl methyl sites for hydroxylation is 2. The van der Waals surface area contributed by atoms with E-state index in [9.17, 15) is 0 Å². The monoisotopic (exact) mass is 229 g/mol. The molecule has 3 heterocycles. The highest BCUT2D eigenvalue weighted by atomic mass is 28.3. The van der Waals surface area contributed by atoms with Gasteiger partial charge in [0.25, 0.3) is 0 Å². The van der Waals surface area contributed by atoms with Crippen LogP contribution in [0.25, 0.3) is 0 Å². The lowest BCUT2D eigenvalue weighted by Crippen LogP contribution is -2.51. The van der Waals surface area contributed by atoms with E-state index in [1.165, 1.54) is 38.0 Å². The molecule has 0 radical (unpaired) electrons. The minimum atomic E-state index is -1.04. The van der Waals surface area contributed by atoms with Crippen LogP contribution in [0.4, 0.5) is 5.69 Å². The quantitative estimate of drug-likeness (QED) is 0.617. The number of rotatable bonds is 0. The van der Waals surface area contributed by atoms with Crippen molar-refractivity contribution in [2.24, 2.45) is 0 Å². The molecule has 3 aliphatic rings. The van der Waals surface area contributed by atoms with Crippen LogP contribution < -0.4 is 10.1 Å². The van der Waals surface area contributed by atoms with Crippen molar-refractivity contribution in [3.05, 3.63) is 22.8 Å². The van der Waals surface area contributed by atoms with Gasteiger partial charge in [0.15, 0.2) is 0 Å². The number of hydrogen-bond acceptors (Lipinski definition) is 1. The molecule has 0 fully saturated rings. The molecule has 16 heavy (non-hydrogen) atoms. The second-order valence-electron chi connectivity index (χ2n) is 6.10. The second-order valence-corrected chi connectivity index (χ2v) is 10.7. The van der Waals surface area contributed by atoms with Gasteiger partial charge in [0.1, 0.15) is 0 Å². The Morgan fingerprint density at radius 1 is 1.19 bits per heavy atom. The molecule has 1 nitrogen and oxygen atoms in total. The summed E-state index contributed by atoms with van der Waals surface area (Å²) >= 11 is 0. The minimum absolute atomic E-state index is 1.04. The van der Waals surface area contributed by atoms with Crippen molar-refractivity contribution in [1.29, 1.82) is 0 Å². The molecule has 1 unspecified atom stereocenters. The minimum Gasteiger partial charge on any atom is -0.371 e. The molecule has 4 rings (SSSR count). The summed E-state index contributed by atoms with van der Waals surface area (Å²) in [6.07, 6.45) is 2.68. The number of nitrogens with zero attached hydrogens (tertiary/aromatic N) is 1. The van der Waals surface area contributed by atoms with E-state index in [0.29, 0.717) is 0 Å². The van der Waals surface area contributed by atoms with Gasteiger partial charge in [0.05, 0.1) is 8.07 Å². The van der Waals surface area contributed by atoms with Crippen molar-refractivity contribution in [3.8, 4) is 0 Å². The molecule has 2 heteroatoms. The summed E-state index contributed by atoms with van der Waals surface area (Å²) in [6.45, 7) is 7.59. The summed E-state index contributed by atoms with van der Waals surface area (Å²) in [7, 11) is -1.04. The highest BCUT2D eigenvalue weighted by molar-refractivity contribution is 6.93. The molecule has 1 aromatic rings. The lowest BCUT2D eigenvalue weighted by molar-refractivity contribution is 0.852. The highest BCUT2D eigenvalue weighted by Crippen LogP contribution is 2.41. The van der Waals surface area contributed by atoms with Crippen LogP contribution in [0.3, 0.4) is 0 Å². The van der Waals surface area contributed by atoms with Crippen molar-refractivity contribution in [3.63, 3.8) is 0 Å². The molecule has 0 bridgehead atoms. The number of hydrogen-bond donors (Lipinski definition) is 0. The third-order valence-corrected chi connectivity index (χ3v) is 9.59. The molecule has 0 amide bonds. The fraction of sp³-hybridized carbons (Fsp3) is 0.571. The first kappa shape index (κ1) is 9.29. The van der Waals surface area contributed by atoms with Crippen molar-refractivity contribution in [2.75, 3.05) is 18.0 Å². The van der Waals surface area contributed by atoms with E-state index in [1.807, 2.05) is 5.19 Å². The molecule has 0 aliphatic carbocycles. The Balaban J connectivity index is 2.10. The number of benzene rings is 1. The maximum absolute atomic E-state index is 2.68. The van der Waals surface area contributed by atoms with E-state index < -0.39 is 8.07 Å². The Bertz CT molecular complexity index is 494. The third-order valence-electron chi connectivity index (χ3n) is 5.14. The summed E-state index contributed by atoms with van der Waals surface area (Å²) in [5.41, 5.74) is 6.69. The fourth-order valence-corrected chi connectivity index (χ4v) is 8.38. The third kappa shape index (κ3) is 0.927. The summed E-state index contributed by atoms with van der Waals surface area (Å²) in [5.74, 6) is 0. The zero-order chi connectivity index (χ0) is 10.9. The van der Waals surface area contributed by atoms with E-state index in [4.69, 9.17) is 0 Å². The first-order valence-corrected chi connectivity index (χ1v) is 9.51. The van der Waals surface area contributed by atoms with E-state index >= 15 is 0 Å². The van der Waals surface area contributed by atoms with Crippen LogP contribution in [0.5, 0.6) is 0 Å². The molecule has 0 N–H and O–H groups in total. The van der Waals surface area contributed by atoms with Crippen LogP contribution in [0.1, 0.15) is 16.7 Å². The van der Waals surface area contributed by atoms with E-state index in [0.717, 1.165) is 0 Å². The zero-order valence-electron chi connectivity index (χ0n) is 10.3. The van der Waals surface area contributed by atoms with Crippen LogP contribution in [0, 0.1) is 6.92 Å². The van der Waals surface area contributed by atoms with Gasteiger partial charge in [-0.25, -0.2) is 0 Å². The van der Waals surface area contributed by atoms with Gasteiger partial charge in [0, 0.05) is 18.8 Å². The molecule has 0 saturated carbocycles. The van der Waals surface area contributed by atoms with Gasteiger partial charge in [-0.15, -0.1) is 0 Å². The van der Waals surface area contributed by atoms with Gasteiger partial charge in [0.2, 0.25) is 0 Å². The Hall–Kier alpha value is -0.763. The molecular weight excluding hydrogens is 210 g/mol. The molecular formula is C14H19NSi. The zero-order valence-corrected chi connectivity index (χ0v) is 11.3. The average molecular weight is 229 g/mol. The Morgan fingerprint density at radius 2 is 2.06 bits per heavy atom. The van der Waals surface area contributed by atoms with Crippen molar-refractivity contribution >= 4 is 18.9 Å². The Morgan fingerprint density at radius 3 is 2.94 bits per heavy atom. The lowest BCUT2D eigenvalue weighted by Gasteiger charge is -2.37. The lowest BCUT2D eigenvalue weighted by atomic mass is 10.0. The summed E-state index contributed by atoms with van der Waals surface area (Å²) in [5, 5.41) is 1.87. The molecule has 1 atom stereocenters. The second kappa shape index (κ2) is 2.73. The predicted molar refractivity (Wildman–Crippen MR) is 71.7 cm³/mol. The van der Waals surface area contributed by atoms with Crippen LogP contribution >= 0.6 is 0 Å². The smallest absolute Gasteiger partial charge is 0.0888 e. The summed E-state index contributed by atoms with van der Waals surface area (Å²) < 4.78 is 0. The van der Waals surface area contributed by atoms with E-state index in [1.54, 1.807) is 22.4 Å². The van der Waals surface area contributed by atoms with Crippen molar-refractivity contribution in [1.82, 2.24) is 0 Å². The normalized spacial score (nSPS) is 29.8. The Labute approximate surface area is 98.5 Å². The standard InChI is InChI=1S/C14H19NSi/c1-10-9-11-4-7-16(2)8-6-15-5-3-12(10)13(15)14(11)16/h9H,3-8H2,1-2H3. The molecule has 84 valence electrons. The highest BCUT2D eigenvalue weighted by Gasteiger charge is 2.45. The molecule has 3 aliphatic heterocycles. The topological polar surface area (TPSA) is 3.24 Å². The summed E-state index contributed by atoms with van der Waals surface area (Å²) in [6, 6.07) is 5.54. The van der Waals surface area contributed by atoms with Gasteiger partial charge < -0.3 is 4.90 Å². The first-order chi connectivity index (χ1) is 7.69. The predicted octanol–water partition coefficient (Wildman–Crippen LogP) is 2.21. The van der Waals surface area contributed by atoms with Crippen LogP contribution in [0.2, 0.25) is 18.6 Å². The van der Waals surface area contributed by atoms with E-state index in [2.05, 4.69) is 24.4 Å². The number of anilines is 1. The molecule has 1 aromatic carbocycles. The average Bonchev–Trinajstić information content (AvgIpc) is 2.79. The molecule has 0 saturated heterocycles.